The van der Waals surface area contributed by atoms with Gasteiger partial charge in [-0.3, -0.25) is 13.8 Å². The van der Waals surface area contributed by atoms with Gasteiger partial charge in [-0.05, 0) is 24.6 Å². The normalized spacial score (nSPS) is 13.7. The number of benzene rings is 1. The van der Waals surface area contributed by atoms with Gasteiger partial charge in [0.05, 0.1) is 19.2 Å². The summed E-state index contributed by atoms with van der Waals surface area (Å²) in [7, 11) is 1.57. The van der Waals surface area contributed by atoms with Gasteiger partial charge in [0.1, 0.15) is 29.5 Å². The summed E-state index contributed by atoms with van der Waals surface area (Å²) in [6, 6.07) is 6.31. The van der Waals surface area contributed by atoms with Crippen molar-refractivity contribution in [3.63, 3.8) is 0 Å². The average molecular weight is 364 g/mol. The number of phenols is 1. The molecular formula is C16H17FN4O3S. The first-order valence-corrected chi connectivity index (χ1v) is 8.25. The summed E-state index contributed by atoms with van der Waals surface area (Å²) >= 11 is 0.948. The van der Waals surface area contributed by atoms with Crippen LogP contribution in [0.1, 0.15) is 11.3 Å². The smallest absolute Gasteiger partial charge is 0.251 e. The fourth-order valence-corrected chi connectivity index (χ4v) is 3.18. The molecule has 0 saturated carbocycles. The van der Waals surface area contributed by atoms with Crippen LogP contribution in [-0.2, 0) is 11.3 Å². The van der Waals surface area contributed by atoms with E-state index in [4.69, 9.17) is 4.74 Å². The van der Waals surface area contributed by atoms with Crippen molar-refractivity contribution >= 4 is 29.5 Å². The van der Waals surface area contributed by atoms with Crippen molar-refractivity contribution in [1.29, 1.82) is 0 Å². The summed E-state index contributed by atoms with van der Waals surface area (Å²) < 4.78 is 23.4. The number of halogens is 1. The van der Waals surface area contributed by atoms with Crippen LogP contribution in [0.15, 0.2) is 24.3 Å². The molecule has 2 aromatic rings. The third-order valence-corrected chi connectivity index (χ3v) is 4.40. The number of carbonyl (C=O) groups excluding carboxylic acids is 1. The Bertz CT molecular complexity index is 795. The minimum atomic E-state index is -0.601. The highest BCUT2D eigenvalue weighted by molar-refractivity contribution is 7.99. The van der Waals surface area contributed by atoms with Crippen molar-refractivity contribution in [3.8, 4) is 11.5 Å². The van der Waals surface area contributed by atoms with Crippen LogP contribution in [0.4, 0.5) is 15.9 Å². The maximum atomic E-state index is 14.4. The summed E-state index contributed by atoms with van der Waals surface area (Å²) in [5.41, 5.74) is 1.32. The van der Waals surface area contributed by atoms with Gasteiger partial charge in [-0.15, -0.1) is 0 Å². The van der Waals surface area contributed by atoms with E-state index >= 15 is 0 Å². The number of hydrogen-bond donors (Lipinski definition) is 3. The van der Waals surface area contributed by atoms with E-state index in [1.807, 2.05) is 6.92 Å². The predicted molar refractivity (Wildman–Crippen MR) is 94.0 cm³/mol. The van der Waals surface area contributed by atoms with Crippen LogP contribution in [0.3, 0.4) is 0 Å². The number of carbonyl (C=O) groups is 1. The van der Waals surface area contributed by atoms with Crippen molar-refractivity contribution < 1.29 is 19.0 Å². The molecule has 25 heavy (non-hydrogen) atoms. The number of nitrogens with zero attached hydrogens (tertiary/aromatic N) is 2. The first-order valence-electron chi connectivity index (χ1n) is 7.47. The summed E-state index contributed by atoms with van der Waals surface area (Å²) in [5.74, 6) is 0.188. The maximum absolute atomic E-state index is 14.4. The Hall–Kier alpha value is -2.68. The number of aromatic hydroxyl groups is 1. The molecule has 0 bridgehead atoms. The summed E-state index contributed by atoms with van der Waals surface area (Å²) in [5, 5.41) is 13.2. The van der Waals surface area contributed by atoms with Crippen LogP contribution < -0.4 is 19.1 Å². The zero-order valence-corrected chi connectivity index (χ0v) is 14.5. The Labute approximate surface area is 148 Å². The number of nitrogens with one attached hydrogen (secondary N) is 2. The molecule has 3 rings (SSSR count). The Morgan fingerprint density at radius 1 is 1.44 bits per heavy atom. The predicted octanol–water partition coefficient (Wildman–Crippen LogP) is 2.35. The first kappa shape index (κ1) is 17.2. The van der Waals surface area contributed by atoms with Gasteiger partial charge in [-0.25, -0.2) is 9.37 Å². The maximum Gasteiger partial charge on any atom is 0.251 e. The summed E-state index contributed by atoms with van der Waals surface area (Å²) in [6.45, 7) is 2.10. The molecule has 2 heterocycles. The van der Waals surface area contributed by atoms with Crippen LogP contribution >= 0.6 is 12.1 Å². The molecule has 132 valence electrons. The Morgan fingerprint density at radius 3 is 2.88 bits per heavy atom. The van der Waals surface area contributed by atoms with Gasteiger partial charge in [0.25, 0.3) is 5.91 Å². The van der Waals surface area contributed by atoms with Crippen molar-refractivity contribution in [2.45, 2.75) is 13.5 Å². The number of phenolic OH excluding ortho intramolecular Hbond substituents is 1. The van der Waals surface area contributed by atoms with Gasteiger partial charge < -0.3 is 15.2 Å². The highest BCUT2D eigenvalue weighted by Crippen LogP contribution is 2.36. The lowest BCUT2D eigenvalue weighted by Crippen LogP contribution is -2.16. The number of rotatable bonds is 5. The lowest BCUT2D eigenvalue weighted by Gasteiger charge is -2.17. The van der Waals surface area contributed by atoms with Gasteiger partial charge in [-0.1, -0.05) is 0 Å². The number of anilines is 2. The van der Waals surface area contributed by atoms with E-state index in [9.17, 15) is 14.3 Å². The van der Waals surface area contributed by atoms with E-state index in [-0.39, 0.29) is 30.4 Å². The number of aromatic nitrogens is 1. The van der Waals surface area contributed by atoms with Crippen molar-refractivity contribution in [3.05, 3.63) is 41.3 Å². The molecule has 0 atom stereocenters. The van der Waals surface area contributed by atoms with E-state index in [0.717, 1.165) is 17.8 Å². The minimum Gasteiger partial charge on any atom is -0.506 e. The molecule has 1 aromatic heterocycles. The van der Waals surface area contributed by atoms with Crippen LogP contribution in [0.5, 0.6) is 11.5 Å². The van der Waals surface area contributed by atoms with Crippen molar-refractivity contribution in [1.82, 2.24) is 9.71 Å². The highest BCUT2D eigenvalue weighted by Gasteiger charge is 2.26. The van der Waals surface area contributed by atoms with E-state index in [0.29, 0.717) is 17.1 Å². The molecule has 1 aromatic carbocycles. The number of aryl methyl sites for hydroxylation is 1. The molecule has 7 nitrogen and oxygen atoms in total. The fourth-order valence-electron chi connectivity index (χ4n) is 2.45. The highest BCUT2D eigenvalue weighted by atomic mass is 32.2. The van der Waals surface area contributed by atoms with Gasteiger partial charge >= 0.3 is 0 Å². The number of amides is 1. The first-order chi connectivity index (χ1) is 12.0. The van der Waals surface area contributed by atoms with E-state index in [2.05, 4.69) is 15.0 Å². The quantitative estimate of drug-likeness (QED) is 0.702. The summed E-state index contributed by atoms with van der Waals surface area (Å²) in [6.07, 6.45) is 0. The summed E-state index contributed by atoms with van der Waals surface area (Å²) in [4.78, 5) is 15.6. The standard InChI is InChI=1S/C16H17FN4O3S/c1-9-3-11(24-2)6-14(19-9)18-7-10-4-12(17)16(13(22)5-10)21-8-15(23)20-25-21/h3-6,22H,7-8H2,1-2H3,(H,18,19)(H,20,23). The van der Waals surface area contributed by atoms with Crippen LogP contribution in [-0.4, -0.2) is 29.7 Å². The zero-order chi connectivity index (χ0) is 18.0. The molecule has 1 aliphatic heterocycles. The van der Waals surface area contributed by atoms with Gasteiger partial charge in [0, 0.05) is 24.4 Å². The SMILES string of the molecule is COc1cc(C)nc(NCc2cc(O)c(N3CC(=O)NS3)c(F)c2)c1. The molecule has 3 N–H and O–H groups in total. The minimum absolute atomic E-state index is 0.0116. The molecule has 1 aliphatic rings. The molecule has 0 spiro atoms. The lowest BCUT2D eigenvalue weighted by molar-refractivity contribution is -0.117. The molecule has 0 unspecified atom stereocenters. The van der Waals surface area contributed by atoms with Crippen LogP contribution in [0.2, 0.25) is 0 Å². The van der Waals surface area contributed by atoms with Crippen LogP contribution in [0.25, 0.3) is 0 Å². The lowest BCUT2D eigenvalue weighted by atomic mass is 10.1. The van der Waals surface area contributed by atoms with E-state index < -0.39 is 5.82 Å². The number of hydrogen-bond acceptors (Lipinski definition) is 7. The second-order valence-electron chi connectivity index (χ2n) is 5.49. The molecule has 1 saturated heterocycles. The second kappa shape index (κ2) is 7.06. The molecular weight excluding hydrogens is 347 g/mol. The largest absolute Gasteiger partial charge is 0.506 e. The zero-order valence-electron chi connectivity index (χ0n) is 13.7. The third kappa shape index (κ3) is 3.87. The van der Waals surface area contributed by atoms with Crippen LogP contribution in [0, 0.1) is 12.7 Å². The molecule has 1 amide bonds. The van der Waals surface area contributed by atoms with E-state index in [1.54, 1.807) is 19.2 Å². The Kier molecular flexibility index (Phi) is 4.84. The monoisotopic (exact) mass is 364 g/mol. The molecule has 9 heteroatoms. The average Bonchev–Trinajstić information content (AvgIpc) is 2.98. The van der Waals surface area contributed by atoms with E-state index in [1.165, 1.54) is 16.4 Å². The van der Waals surface area contributed by atoms with Crippen molar-refractivity contribution in [2.24, 2.45) is 0 Å². The Morgan fingerprint density at radius 2 is 2.24 bits per heavy atom. The second-order valence-corrected chi connectivity index (χ2v) is 6.31. The van der Waals surface area contributed by atoms with Crippen molar-refractivity contribution in [2.75, 3.05) is 23.3 Å². The number of methoxy groups -OCH3 is 1. The molecule has 0 aliphatic carbocycles. The van der Waals surface area contributed by atoms with Gasteiger partial charge in [-0.2, -0.15) is 0 Å². The van der Waals surface area contributed by atoms with Gasteiger partial charge in [0.2, 0.25) is 0 Å². The van der Waals surface area contributed by atoms with Gasteiger partial charge in [0.15, 0.2) is 5.82 Å². The third-order valence-electron chi connectivity index (χ3n) is 3.55. The number of ether oxygens (including phenoxy) is 1. The molecule has 0 radical (unpaired) electrons. The molecule has 1 fully saturated rings. The topological polar surface area (TPSA) is 86.7 Å². The fraction of sp³-hybridized carbons (Fsp3) is 0.250. The Balaban J connectivity index is 1.75. The number of pyridine rings is 1.